The van der Waals surface area contributed by atoms with Crippen molar-refractivity contribution in [2.24, 2.45) is 23.7 Å². The molecule has 1 saturated carbocycles. The Balaban J connectivity index is 1.99. The van der Waals surface area contributed by atoms with Crippen LogP contribution in [0.25, 0.3) is 0 Å². The first-order chi connectivity index (χ1) is 10.4. The van der Waals surface area contributed by atoms with Crippen LogP contribution in [0.2, 0.25) is 0 Å². The highest BCUT2D eigenvalue weighted by Gasteiger charge is 2.45. The molecule has 2 bridgehead atoms. The van der Waals surface area contributed by atoms with Crippen LogP contribution in [0.3, 0.4) is 0 Å². The smallest absolute Gasteiger partial charge is 0.220 e. The van der Waals surface area contributed by atoms with Crippen LogP contribution in [0.15, 0.2) is 12.2 Å². The Morgan fingerprint density at radius 1 is 0.826 bits per heavy atom. The molecule has 0 spiro atoms. The molecule has 2 aliphatic rings. The summed E-state index contributed by atoms with van der Waals surface area (Å²) < 4.78 is 0. The minimum absolute atomic E-state index is 0.102. The zero-order valence-electron chi connectivity index (χ0n) is 15.4. The lowest BCUT2D eigenvalue weighted by Gasteiger charge is -2.30. The van der Waals surface area contributed by atoms with Gasteiger partial charge >= 0.3 is 0 Å². The van der Waals surface area contributed by atoms with Gasteiger partial charge in [0.05, 0.1) is 0 Å². The molecule has 2 N–H and O–H groups in total. The summed E-state index contributed by atoms with van der Waals surface area (Å²) in [5.41, 5.74) is -0.409. The monoisotopic (exact) mass is 320 g/mol. The Morgan fingerprint density at radius 2 is 1.17 bits per heavy atom. The summed E-state index contributed by atoms with van der Waals surface area (Å²) in [5, 5.41) is 6.11. The number of amides is 2. The lowest BCUT2D eigenvalue weighted by Crippen LogP contribution is -2.44. The summed E-state index contributed by atoms with van der Waals surface area (Å²) in [4.78, 5) is 24.6. The van der Waals surface area contributed by atoms with Gasteiger partial charge in [-0.3, -0.25) is 9.59 Å². The van der Waals surface area contributed by atoms with Crippen molar-refractivity contribution < 1.29 is 9.59 Å². The summed E-state index contributed by atoms with van der Waals surface area (Å²) in [6, 6.07) is 0. The molecule has 0 radical (unpaired) electrons. The summed E-state index contributed by atoms with van der Waals surface area (Å²) >= 11 is 0. The number of hydrogen-bond acceptors (Lipinski definition) is 2. The summed E-state index contributed by atoms with van der Waals surface area (Å²) in [6.07, 6.45) is 6.64. The van der Waals surface area contributed by atoms with Crippen molar-refractivity contribution in [1.29, 1.82) is 0 Å². The predicted molar refractivity (Wildman–Crippen MR) is 92.7 cm³/mol. The fourth-order valence-corrected chi connectivity index (χ4v) is 4.00. The van der Waals surface area contributed by atoms with E-state index in [1.54, 1.807) is 0 Å². The molecule has 0 aliphatic heterocycles. The van der Waals surface area contributed by atoms with Gasteiger partial charge in [-0.15, -0.1) is 0 Å². The lowest BCUT2D eigenvalue weighted by atomic mass is 9.78. The predicted octanol–water partition coefficient (Wildman–Crippen LogP) is 3.03. The first kappa shape index (κ1) is 18.0. The molecule has 4 atom stereocenters. The van der Waals surface area contributed by atoms with Crippen LogP contribution in [0, 0.1) is 23.7 Å². The molecule has 130 valence electrons. The average Bonchev–Trinajstić information content (AvgIpc) is 2.87. The fourth-order valence-electron chi connectivity index (χ4n) is 4.00. The van der Waals surface area contributed by atoms with Gasteiger partial charge in [0.2, 0.25) is 11.8 Å². The highest BCUT2D eigenvalue weighted by atomic mass is 16.2. The Morgan fingerprint density at radius 3 is 1.48 bits per heavy atom. The maximum Gasteiger partial charge on any atom is 0.220 e. The molecular formula is C19H32N2O2. The molecule has 4 nitrogen and oxygen atoms in total. The van der Waals surface area contributed by atoms with Crippen molar-refractivity contribution in [1.82, 2.24) is 10.6 Å². The second kappa shape index (κ2) is 6.29. The van der Waals surface area contributed by atoms with Gasteiger partial charge in [-0.2, -0.15) is 0 Å². The second-order valence-electron chi connectivity index (χ2n) is 9.28. The molecule has 0 heterocycles. The fraction of sp³-hybridized carbons (Fsp3) is 0.789. The molecule has 0 saturated heterocycles. The Kier molecular flexibility index (Phi) is 4.93. The molecule has 4 unspecified atom stereocenters. The Hall–Kier alpha value is -1.32. The molecule has 2 aliphatic carbocycles. The molecule has 23 heavy (non-hydrogen) atoms. The van der Waals surface area contributed by atoms with Gasteiger partial charge in [0.1, 0.15) is 0 Å². The van der Waals surface area contributed by atoms with Gasteiger partial charge in [-0.25, -0.2) is 0 Å². The molecular weight excluding hydrogens is 288 g/mol. The van der Waals surface area contributed by atoms with Crippen LogP contribution in [0.1, 0.15) is 60.8 Å². The van der Waals surface area contributed by atoms with Gasteiger partial charge in [0.15, 0.2) is 0 Å². The molecule has 2 amide bonds. The van der Waals surface area contributed by atoms with E-state index in [0.29, 0.717) is 24.7 Å². The van der Waals surface area contributed by atoms with Crippen molar-refractivity contribution >= 4 is 11.8 Å². The van der Waals surface area contributed by atoms with Crippen molar-refractivity contribution in [3.63, 3.8) is 0 Å². The number of fused-ring (bicyclic) bond motifs is 2. The third kappa shape index (κ3) is 5.08. The molecule has 0 aromatic heterocycles. The highest BCUT2D eigenvalue weighted by molar-refractivity contribution is 5.78. The molecule has 1 fully saturated rings. The van der Waals surface area contributed by atoms with Crippen molar-refractivity contribution in [2.75, 3.05) is 0 Å². The molecule has 0 aromatic rings. The molecule has 2 rings (SSSR count). The third-order valence-corrected chi connectivity index (χ3v) is 4.67. The van der Waals surface area contributed by atoms with Crippen LogP contribution < -0.4 is 10.6 Å². The van der Waals surface area contributed by atoms with E-state index in [9.17, 15) is 9.59 Å². The zero-order chi connectivity index (χ0) is 17.4. The number of rotatable bonds is 4. The first-order valence-electron chi connectivity index (χ1n) is 8.75. The SMILES string of the molecule is CC(C)(C)NC(=O)CC1C2C=CC(C2)C1CC(=O)NC(C)(C)C. The summed E-state index contributed by atoms with van der Waals surface area (Å²) in [6.45, 7) is 12.0. The van der Waals surface area contributed by atoms with Crippen LogP contribution in [-0.4, -0.2) is 22.9 Å². The minimum atomic E-state index is -0.205. The number of allylic oxidation sites excluding steroid dienone is 2. The lowest BCUT2D eigenvalue weighted by molar-refractivity contribution is -0.126. The highest BCUT2D eigenvalue weighted by Crippen LogP contribution is 2.50. The normalized spacial score (nSPS) is 29.7. The first-order valence-corrected chi connectivity index (χ1v) is 8.75. The maximum absolute atomic E-state index is 12.3. The zero-order valence-corrected chi connectivity index (χ0v) is 15.4. The van der Waals surface area contributed by atoms with Crippen molar-refractivity contribution in [3.05, 3.63) is 12.2 Å². The molecule has 4 heteroatoms. The quantitative estimate of drug-likeness (QED) is 0.782. The number of carbonyl (C=O) groups excluding carboxylic acids is 2. The van der Waals surface area contributed by atoms with E-state index >= 15 is 0 Å². The minimum Gasteiger partial charge on any atom is -0.352 e. The van der Waals surface area contributed by atoms with Crippen LogP contribution in [0.5, 0.6) is 0 Å². The van der Waals surface area contributed by atoms with E-state index in [2.05, 4.69) is 22.8 Å². The molecule has 0 aromatic carbocycles. The van der Waals surface area contributed by atoms with E-state index in [1.807, 2.05) is 41.5 Å². The topological polar surface area (TPSA) is 58.2 Å². The van der Waals surface area contributed by atoms with Gasteiger partial charge in [0.25, 0.3) is 0 Å². The van der Waals surface area contributed by atoms with Gasteiger partial charge < -0.3 is 10.6 Å². The number of nitrogens with one attached hydrogen (secondary N) is 2. The second-order valence-corrected chi connectivity index (χ2v) is 9.28. The van der Waals surface area contributed by atoms with Crippen molar-refractivity contribution in [3.8, 4) is 0 Å². The average molecular weight is 320 g/mol. The van der Waals surface area contributed by atoms with Gasteiger partial charge in [-0.1, -0.05) is 12.2 Å². The van der Waals surface area contributed by atoms with Crippen LogP contribution >= 0.6 is 0 Å². The van der Waals surface area contributed by atoms with E-state index in [-0.39, 0.29) is 34.7 Å². The summed E-state index contributed by atoms with van der Waals surface area (Å²) in [5.74, 6) is 1.70. The Labute approximate surface area is 140 Å². The van der Waals surface area contributed by atoms with E-state index in [4.69, 9.17) is 0 Å². The summed E-state index contributed by atoms with van der Waals surface area (Å²) in [7, 11) is 0. The van der Waals surface area contributed by atoms with E-state index < -0.39 is 0 Å². The maximum atomic E-state index is 12.3. The number of hydrogen-bond donors (Lipinski definition) is 2. The third-order valence-electron chi connectivity index (χ3n) is 4.67. The standard InChI is InChI=1S/C19H32N2O2/c1-18(2,3)20-16(22)10-14-12-7-8-13(9-12)15(14)11-17(23)21-19(4,5)6/h7-8,12-15H,9-11H2,1-6H3,(H,20,22)(H,21,23). The number of carbonyl (C=O) groups is 2. The van der Waals surface area contributed by atoms with E-state index in [1.165, 1.54) is 0 Å². The van der Waals surface area contributed by atoms with Gasteiger partial charge in [-0.05, 0) is 71.6 Å². The Bertz CT molecular complexity index is 452. The largest absolute Gasteiger partial charge is 0.352 e. The van der Waals surface area contributed by atoms with E-state index in [0.717, 1.165) is 6.42 Å². The van der Waals surface area contributed by atoms with Crippen LogP contribution in [0.4, 0.5) is 0 Å². The van der Waals surface area contributed by atoms with Gasteiger partial charge in [0, 0.05) is 23.9 Å². The van der Waals surface area contributed by atoms with Crippen molar-refractivity contribution in [2.45, 2.75) is 71.9 Å². The van der Waals surface area contributed by atoms with Crippen LogP contribution in [-0.2, 0) is 9.59 Å².